The summed E-state index contributed by atoms with van der Waals surface area (Å²) in [5.41, 5.74) is 1.70. The highest BCUT2D eigenvalue weighted by atomic mass is 16.7. The summed E-state index contributed by atoms with van der Waals surface area (Å²) in [4.78, 5) is 26.1. The van der Waals surface area contributed by atoms with Gasteiger partial charge < -0.3 is 30.1 Å². The molecule has 9 atom stereocenters. The van der Waals surface area contributed by atoms with Crippen LogP contribution in [0, 0.1) is 28.1 Å². The highest BCUT2D eigenvalue weighted by molar-refractivity contribution is 6.01. The molecular weight excluding hydrogens is 570 g/mol. The zero-order chi connectivity index (χ0) is 31.9. The Morgan fingerprint density at radius 2 is 1.82 bits per heavy atom. The van der Waals surface area contributed by atoms with Gasteiger partial charge in [-0.3, -0.25) is 9.59 Å². The summed E-state index contributed by atoms with van der Waals surface area (Å²) < 4.78 is 13.4. The molecule has 8 nitrogen and oxygen atoms in total. The van der Waals surface area contributed by atoms with E-state index in [1.165, 1.54) is 0 Å². The van der Waals surface area contributed by atoms with E-state index in [1.807, 2.05) is 42.5 Å². The van der Waals surface area contributed by atoms with Crippen LogP contribution in [0.2, 0.25) is 0 Å². The fourth-order valence-corrected chi connectivity index (χ4v) is 10.4. The van der Waals surface area contributed by atoms with Gasteiger partial charge in [-0.25, -0.2) is 0 Å². The zero-order valence-electron chi connectivity index (χ0n) is 26.4. The number of hydrogen-bond acceptors (Lipinski definition) is 8. The van der Waals surface area contributed by atoms with Crippen LogP contribution in [0.1, 0.15) is 69.4 Å². The molecule has 2 aromatic rings. The summed E-state index contributed by atoms with van der Waals surface area (Å²) >= 11 is 0. The van der Waals surface area contributed by atoms with Crippen molar-refractivity contribution in [1.82, 2.24) is 0 Å². The fourth-order valence-electron chi connectivity index (χ4n) is 10.4. The van der Waals surface area contributed by atoms with E-state index in [9.17, 15) is 24.9 Å². The average molecular weight is 614 g/mol. The number of benzene rings is 2. The molecule has 4 fully saturated rings. The number of ether oxygens (including phenoxy) is 2. The Labute approximate surface area is 264 Å². The number of fused-ring (bicyclic) bond motifs is 7. The molecule has 8 heteroatoms. The molecule has 4 N–H and O–H groups in total. The third-order valence-electron chi connectivity index (χ3n) is 12.4. The van der Waals surface area contributed by atoms with Crippen molar-refractivity contribution in [1.29, 1.82) is 0 Å². The van der Waals surface area contributed by atoms with E-state index >= 15 is 0 Å². The maximum Gasteiger partial charge on any atom is 0.193 e. The smallest absolute Gasteiger partial charge is 0.193 e. The van der Waals surface area contributed by atoms with Crippen LogP contribution in [0.25, 0.3) is 0 Å². The second-order valence-corrected chi connectivity index (χ2v) is 14.6. The van der Waals surface area contributed by atoms with Crippen molar-refractivity contribution in [3.8, 4) is 5.75 Å². The average Bonchev–Trinajstić information content (AvgIpc) is 3.52. The van der Waals surface area contributed by atoms with E-state index in [1.54, 1.807) is 25.3 Å². The second-order valence-electron chi connectivity index (χ2n) is 14.6. The van der Waals surface area contributed by atoms with E-state index < -0.39 is 47.3 Å². The summed E-state index contributed by atoms with van der Waals surface area (Å²) in [6.07, 6.45) is 6.40. The number of aliphatic hydroxyl groups is 2. The number of phenols is 1. The zero-order valence-corrected chi connectivity index (χ0v) is 26.4. The van der Waals surface area contributed by atoms with Gasteiger partial charge in [0.2, 0.25) is 0 Å². The van der Waals surface area contributed by atoms with Gasteiger partial charge in [0.05, 0.1) is 17.9 Å². The number of aliphatic hydroxyl groups excluding tert-OH is 2. The summed E-state index contributed by atoms with van der Waals surface area (Å²) in [7, 11) is 1.77. The minimum Gasteiger partial charge on any atom is -0.506 e. The third kappa shape index (κ3) is 4.18. The maximum atomic E-state index is 13.9. The second kappa shape index (κ2) is 10.4. The highest BCUT2D eigenvalue weighted by Crippen LogP contribution is 2.74. The first kappa shape index (κ1) is 30.4. The molecule has 238 valence electrons. The molecule has 0 bridgehead atoms. The van der Waals surface area contributed by atoms with Gasteiger partial charge in [-0.2, -0.15) is 0 Å². The molecule has 5 aliphatic rings. The van der Waals surface area contributed by atoms with Gasteiger partial charge in [0, 0.05) is 29.4 Å². The molecule has 2 aromatic carbocycles. The van der Waals surface area contributed by atoms with E-state index in [4.69, 9.17) is 9.47 Å². The van der Waals surface area contributed by atoms with Gasteiger partial charge in [0.15, 0.2) is 23.5 Å². The van der Waals surface area contributed by atoms with Crippen molar-refractivity contribution < 1.29 is 34.4 Å². The number of anilines is 1. The number of hydrogen-bond donors (Lipinski definition) is 4. The molecule has 0 amide bonds. The van der Waals surface area contributed by atoms with Crippen molar-refractivity contribution in [3.63, 3.8) is 0 Å². The van der Waals surface area contributed by atoms with Crippen molar-refractivity contribution in [2.45, 2.75) is 77.0 Å². The van der Waals surface area contributed by atoms with E-state index in [0.29, 0.717) is 24.9 Å². The summed E-state index contributed by atoms with van der Waals surface area (Å²) in [6, 6.07) is 13.4. The first-order chi connectivity index (χ1) is 21.4. The molecule has 0 spiro atoms. The number of allylic oxidation sites excluding steroid dienone is 4. The minimum atomic E-state index is -1.39. The summed E-state index contributed by atoms with van der Waals surface area (Å²) in [5.74, 6) is -0.331. The van der Waals surface area contributed by atoms with Crippen LogP contribution in [0.3, 0.4) is 0 Å². The van der Waals surface area contributed by atoms with Crippen molar-refractivity contribution in [2.24, 2.45) is 28.1 Å². The molecule has 1 heterocycles. The van der Waals surface area contributed by atoms with Gasteiger partial charge in [-0.1, -0.05) is 62.8 Å². The quantitative estimate of drug-likeness (QED) is 0.335. The van der Waals surface area contributed by atoms with Crippen LogP contribution in [-0.4, -0.2) is 58.3 Å². The molecule has 0 radical (unpaired) electrons. The molecule has 3 saturated carbocycles. The lowest BCUT2D eigenvalue weighted by atomic mass is 9.40. The topological polar surface area (TPSA) is 125 Å². The molecule has 1 saturated heterocycles. The standard InChI is InChI=1S/C37H43NO7/c1-34-14-12-25(40)17-24(34)11-13-35(2)29-18-31-37(30(43)20-39,36(29,3)19-28(42)32(34)35)45-33(44-31)23-8-5-21(6-9-23)15-22-7-10-27(41)26(16-22)38-4/h5-10,12,14,16-17,28-29,31-33,38-39,41-42H,11,13,15,18-20H2,1-4H3/t28-,29-,31+,32+,33+,34-,35-,36-,37+/m0/s1. The molecule has 1 aliphatic heterocycles. The van der Waals surface area contributed by atoms with Crippen LogP contribution in [0.5, 0.6) is 5.75 Å². The molecule has 7 rings (SSSR count). The summed E-state index contributed by atoms with van der Waals surface area (Å²) in [6.45, 7) is 5.75. The maximum absolute atomic E-state index is 13.9. The fraction of sp³-hybridized carbons (Fsp3) is 0.514. The van der Waals surface area contributed by atoms with Crippen molar-refractivity contribution in [2.75, 3.05) is 19.0 Å². The number of carbonyl (C=O) groups is 2. The van der Waals surface area contributed by atoms with E-state index in [2.05, 4.69) is 26.1 Å². The van der Waals surface area contributed by atoms with Crippen LogP contribution < -0.4 is 5.32 Å². The van der Waals surface area contributed by atoms with Crippen molar-refractivity contribution >= 4 is 17.3 Å². The van der Waals surface area contributed by atoms with Crippen LogP contribution in [0.4, 0.5) is 5.69 Å². The lowest BCUT2D eigenvalue weighted by Gasteiger charge is -2.64. The van der Waals surface area contributed by atoms with Crippen LogP contribution in [0.15, 0.2) is 66.3 Å². The third-order valence-corrected chi connectivity index (χ3v) is 12.4. The van der Waals surface area contributed by atoms with Gasteiger partial charge >= 0.3 is 0 Å². The lowest BCUT2D eigenvalue weighted by Crippen LogP contribution is -2.66. The van der Waals surface area contributed by atoms with Crippen molar-refractivity contribution in [3.05, 3.63) is 83.0 Å². The Hall–Kier alpha value is -3.30. The van der Waals surface area contributed by atoms with Gasteiger partial charge in [-0.15, -0.1) is 0 Å². The van der Waals surface area contributed by atoms with E-state index in [-0.39, 0.29) is 28.8 Å². The Balaban J connectivity index is 1.18. The number of rotatable bonds is 6. The first-order valence-corrected chi connectivity index (χ1v) is 16.1. The SMILES string of the molecule is CNc1cc(Cc2ccc([C@@H]3O[C@@H]4C[C@H]5[C@]6(C)CCC7=CC(=O)C=C[C@]7(C)[C@H]6[C@@H](O)C[C@]5(C)[C@]4(C(=O)CO)O3)cc2)ccc1O. The van der Waals surface area contributed by atoms with E-state index in [0.717, 1.165) is 35.1 Å². The van der Waals surface area contributed by atoms with Gasteiger partial charge in [-0.05, 0) is 78.8 Å². The molecular formula is C37H43NO7. The predicted molar refractivity (Wildman–Crippen MR) is 168 cm³/mol. The number of carbonyl (C=O) groups excluding carboxylic acids is 2. The normalized spacial score (nSPS) is 39.8. The number of nitrogens with one attached hydrogen (secondary N) is 1. The Morgan fingerprint density at radius 1 is 1.09 bits per heavy atom. The number of ketones is 2. The minimum absolute atomic E-state index is 0.000519. The number of aromatic hydroxyl groups is 1. The Kier molecular flexibility index (Phi) is 6.99. The van der Waals surface area contributed by atoms with Crippen LogP contribution in [-0.2, 0) is 25.5 Å². The molecule has 0 unspecified atom stereocenters. The predicted octanol–water partition coefficient (Wildman–Crippen LogP) is 5.02. The number of phenolic OH excluding ortho intramolecular Hbond substituents is 1. The highest BCUT2D eigenvalue weighted by Gasteiger charge is 2.78. The largest absolute Gasteiger partial charge is 0.506 e. The molecule has 4 aliphatic carbocycles. The lowest BCUT2D eigenvalue weighted by molar-refractivity contribution is -0.220. The molecule has 45 heavy (non-hydrogen) atoms. The molecule has 0 aromatic heterocycles. The van der Waals surface area contributed by atoms with Gasteiger partial charge in [0.25, 0.3) is 0 Å². The van der Waals surface area contributed by atoms with Gasteiger partial charge in [0.1, 0.15) is 12.4 Å². The Bertz CT molecular complexity index is 1610. The first-order valence-electron chi connectivity index (χ1n) is 16.1. The monoisotopic (exact) mass is 613 g/mol. The Morgan fingerprint density at radius 3 is 2.53 bits per heavy atom. The number of Topliss-reactive ketones (excluding diaryl/α,β-unsaturated/α-hetero) is 1. The summed E-state index contributed by atoms with van der Waals surface area (Å²) in [5, 5.41) is 35.3. The van der Waals surface area contributed by atoms with Crippen LogP contribution >= 0.6 is 0 Å².